The van der Waals surface area contributed by atoms with Crippen molar-refractivity contribution in [3.63, 3.8) is 0 Å². The molecule has 19 heavy (non-hydrogen) atoms. The molecule has 1 aliphatic carbocycles. The molecule has 1 aliphatic heterocycles. The first-order chi connectivity index (χ1) is 9.42. The van der Waals surface area contributed by atoms with E-state index in [0.29, 0.717) is 5.92 Å². The minimum Gasteiger partial charge on any atom is -0.354 e. The molecule has 4 rings (SSSR count). The van der Waals surface area contributed by atoms with Crippen LogP contribution in [-0.2, 0) is 0 Å². The summed E-state index contributed by atoms with van der Waals surface area (Å²) in [6, 6.07) is 2.23. The molecule has 2 aliphatic rings. The van der Waals surface area contributed by atoms with Gasteiger partial charge in [-0.25, -0.2) is 9.50 Å². The molecule has 1 saturated heterocycles. The van der Waals surface area contributed by atoms with Gasteiger partial charge in [-0.1, -0.05) is 0 Å². The summed E-state index contributed by atoms with van der Waals surface area (Å²) in [4.78, 5) is 6.99. The Labute approximate surface area is 112 Å². The van der Waals surface area contributed by atoms with Crippen molar-refractivity contribution in [2.24, 2.45) is 0 Å². The van der Waals surface area contributed by atoms with Crippen LogP contribution < -0.4 is 10.2 Å². The lowest BCUT2D eigenvalue weighted by Crippen LogP contribution is -2.29. The Morgan fingerprint density at radius 3 is 3.05 bits per heavy atom. The van der Waals surface area contributed by atoms with Crippen LogP contribution >= 0.6 is 0 Å². The van der Waals surface area contributed by atoms with Gasteiger partial charge in [-0.2, -0.15) is 5.10 Å². The zero-order chi connectivity index (χ0) is 12.7. The number of hydrogen-bond acceptors (Lipinski definition) is 4. The standard InChI is InChI=1S/C14H19N5/c1-4-15-5-8-18(7-1)14-13-10-12(11-2-3-11)17-19(13)9-6-16-14/h6,9-11,15H,1-5,7-8H2. The van der Waals surface area contributed by atoms with Gasteiger partial charge < -0.3 is 10.2 Å². The number of rotatable bonds is 2. The van der Waals surface area contributed by atoms with Crippen molar-refractivity contribution in [2.45, 2.75) is 25.2 Å². The van der Waals surface area contributed by atoms with Crippen LogP contribution in [0.15, 0.2) is 18.5 Å². The normalized spacial score (nSPS) is 20.7. The Hall–Kier alpha value is -1.62. The summed E-state index contributed by atoms with van der Waals surface area (Å²) >= 11 is 0. The van der Waals surface area contributed by atoms with Crippen LogP contribution in [0.25, 0.3) is 5.52 Å². The van der Waals surface area contributed by atoms with E-state index in [-0.39, 0.29) is 0 Å². The van der Waals surface area contributed by atoms with Gasteiger partial charge in [0.05, 0.1) is 5.69 Å². The van der Waals surface area contributed by atoms with Gasteiger partial charge in [0.2, 0.25) is 0 Å². The molecule has 0 unspecified atom stereocenters. The number of anilines is 1. The zero-order valence-electron chi connectivity index (χ0n) is 11.0. The number of nitrogens with one attached hydrogen (secondary N) is 1. The first-order valence-corrected chi connectivity index (χ1v) is 7.22. The van der Waals surface area contributed by atoms with Crippen LogP contribution in [0.3, 0.4) is 0 Å². The second kappa shape index (κ2) is 4.49. The fourth-order valence-corrected chi connectivity index (χ4v) is 2.81. The number of nitrogens with zero attached hydrogens (tertiary/aromatic N) is 4. The highest BCUT2D eigenvalue weighted by atomic mass is 15.3. The van der Waals surface area contributed by atoms with Crippen LogP contribution in [0.1, 0.15) is 30.9 Å². The molecule has 2 fully saturated rings. The highest BCUT2D eigenvalue weighted by Crippen LogP contribution is 2.40. The van der Waals surface area contributed by atoms with E-state index in [4.69, 9.17) is 0 Å². The van der Waals surface area contributed by atoms with E-state index in [1.165, 1.54) is 25.0 Å². The van der Waals surface area contributed by atoms with Crippen molar-refractivity contribution in [3.8, 4) is 0 Å². The van der Waals surface area contributed by atoms with Crippen molar-refractivity contribution < 1.29 is 0 Å². The quantitative estimate of drug-likeness (QED) is 0.883. The molecule has 100 valence electrons. The van der Waals surface area contributed by atoms with Crippen molar-refractivity contribution in [1.29, 1.82) is 0 Å². The molecular formula is C14H19N5. The van der Waals surface area contributed by atoms with Crippen molar-refractivity contribution >= 4 is 11.3 Å². The molecule has 5 heteroatoms. The van der Waals surface area contributed by atoms with E-state index in [9.17, 15) is 0 Å². The monoisotopic (exact) mass is 257 g/mol. The van der Waals surface area contributed by atoms with Crippen molar-refractivity contribution in [3.05, 3.63) is 24.2 Å². The Kier molecular flexibility index (Phi) is 2.65. The van der Waals surface area contributed by atoms with E-state index in [2.05, 4.69) is 26.4 Å². The largest absolute Gasteiger partial charge is 0.354 e. The van der Waals surface area contributed by atoms with Crippen LogP contribution in [0, 0.1) is 0 Å². The minimum atomic E-state index is 0.693. The highest BCUT2D eigenvalue weighted by molar-refractivity contribution is 5.69. The molecule has 1 saturated carbocycles. The molecule has 0 bridgehead atoms. The molecular weight excluding hydrogens is 238 g/mol. The van der Waals surface area contributed by atoms with Gasteiger partial charge in [0.25, 0.3) is 0 Å². The van der Waals surface area contributed by atoms with Gasteiger partial charge in [0, 0.05) is 37.9 Å². The molecule has 0 amide bonds. The van der Waals surface area contributed by atoms with Gasteiger partial charge in [-0.15, -0.1) is 0 Å². The van der Waals surface area contributed by atoms with Gasteiger partial charge in [-0.3, -0.25) is 0 Å². The van der Waals surface area contributed by atoms with Crippen LogP contribution in [0.5, 0.6) is 0 Å². The average Bonchev–Trinajstić information content (AvgIpc) is 3.22. The predicted octanol–water partition coefficient (Wildman–Crippen LogP) is 1.41. The maximum absolute atomic E-state index is 4.69. The molecule has 1 N–H and O–H groups in total. The Morgan fingerprint density at radius 2 is 2.16 bits per heavy atom. The summed E-state index contributed by atoms with van der Waals surface area (Å²) in [7, 11) is 0. The minimum absolute atomic E-state index is 0.693. The molecule has 0 radical (unpaired) electrons. The third-order valence-corrected chi connectivity index (χ3v) is 4.02. The van der Waals surface area contributed by atoms with Crippen LogP contribution in [0.4, 0.5) is 5.82 Å². The summed E-state index contributed by atoms with van der Waals surface area (Å²) < 4.78 is 1.99. The Morgan fingerprint density at radius 1 is 1.21 bits per heavy atom. The molecule has 0 atom stereocenters. The summed E-state index contributed by atoms with van der Waals surface area (Å²) in [5.41, 5.74) is 2.40. The number of aromatic nitrogens is 3. The lowest BCUT2D eigenvalue weighted by Gasteiger charge is -2.21. The van der Waals surface area contributed by atoms with E-state index in [1.54, 1.807) is 0 Å². The maximum atomic E-state index is 4.69. The average molecular weight is 257 g/mol. The Balaban J connectivity index is 1.74. The van der Waals surface area contributed by atoms with E-state index in [1.807, 2.05) is 16.9 Å². The van der Waals surface area contributed by atoms with Gasteiger partial charge >= 0.3 is 0 Å². The highest BCUT2D eigenvalue weighted by Gasteiger charge is 2.27. The summed E-state index contributed by atoms with van der Waals surface area (Å²) in [5, 5.41) is 8.12. The fourth-order valence-electron chi connectivity index (χ4n) is 2.81. The van der Waals surface area contributed by atoms with Crippen molar-refractivity contribution in [1.82, 2.24) is 19.9 Å². The van der Waals surface area contributed by atoms with E-state index < -0.39 is 0 Å². The molecule has 2 aromatic rings. The maximum Gasteiger partial charge on any atom is 0.154 e. The van der Waals surface area contributed by atoms with Crippen molar-refractivity contribution in [2.75, 3.05) is 31.1 Å². The summed E-state index contributed by atoms with van der Waals surface area (Å²) in [5.74, 6) is 1.78. The number of fused-ring (bicyclic) bond motifs is 1. The summed E-state index contributed by atoms with van der Waals surface area (Å²) in [6.45, 7) is 4.23. The second-order valence-electron chi connectivity index (χ2n) is 5.51. The van der Waals surface area contributed by atoms with Gasteiger partial charge in [0.1, 0.15) is 5.52 Å². The zero-order valence-corrected chi connectivity index (χ0v) is 11.0. The summed E-state index contributed by atoms with van der Waals surface area (Å²) in [6.07, 6.45) is 7.58. The topological polar surface area (TPSA) is 45.5 Å². The molecule has 0 aromatic carbocycles. The predicted molar refractivity (Wildman–Crippen MR) is 74.7 cm³/mol. The first-order valence-electron chi connectivity index (χ1n) is 7.22. The Bertz CT molecular complexity index is 579. The SMILES string of the molecule is c1cn2nc(C3CC3)cc2c(N2CCCNCC2)n1. The van der Waals surface area contributed by atoms with E-state index in [0.717, 1.165) is 37.5 Å². The third-order valence-electron chi connectivity index (χ3n) is 4.02. The molecule has 3 heterocycles. The third kappa shape index (κ3) is 2.08. The number of hydrogen-bond donors (Lipinski definition) is 1. The smallest absolute Gasteiger partial charge is 0.154 e. The van der Waals surface area contributed by atoms with E-state index >= 15 is 0 Å². The van der Waals surface area contributed by atoms with Crippen LogP contribution in [0.2, 0.25) is 0 Å². The second-order valence-corrected chi connectivity index (χ2v) is 5.51. The molecule has 2 aromatic heterocycles. The lowest BCUT2D eigenvalue weighted by atomic mass is 10.3. The molecule has 0 spiro atoms. The first kappa shape index (κ1) is 11.2. The lowest BCUT2D eigenvalue weighted by molar-refractivity contribution is 0.724. The fraction of sp³-hybridized carbons (Fsp3) is 0.571. The van der Waals surface area contributed by atoms with Gasteiger partial charge in [-0.05, 0) is 31.9 Å². The molecule has 5 nitrogen and oxygen atoms in total. The van der Waals surface area contributed by atoms with Gasteiger partial charge in [0.15, 0.2) is 5.82 Å². The van der Waals surface area contributed by atoms with Crippen LogP contribution in [-0.4, -0.2) is 40.8 Å².